The average Bonchev–Trinajstić information content (AvgIpc) is 3.03. The lowest BCUT2D eigenvalue weighted by atomic mass is 10.1. The molecule has 0 aliphatic carbocycles. The van der Waals surface area contributed by atoms with E-state index in [1.54, 1.807) is 24.5 Å². The first-order valence-corrected chi connectivity index (χ1v) is 9.73. The minimum Gasteiger partial charge on any atom is -0.390 e. The highest BCUT2D eigenvalue weighted by atomic mass is 19.1. The van der Waals surface area contributed by atoms with E-state index in [4.69, 9.17) is 0 Å². The Morgan fingerprint density at radius 1 is 1.03 bits per heavy atom. The molecule has 0 saturated carbocycles. The summed E-state index contributed by atoms with van der Waals surface area (Å²) in [7, 11) is 1.90. The highest BCUT2D eigenvalue weighted by Gasteiger charge is 2.23. The summed E-state index contributed by atoms with van der Waals surface area (Å²) in [6.07, 6.45) is 3.36. The molecule has 1 N–H and O–H groups in total. The Morgan fingerprint density at radius 2 is 1.72 bits per heavy atom. The average molecular weight is 396 g/mol. The molecule has 0 radical (unpaired) electrons. The Bertz CT molecular complexity index is 979. The van der Waals surface area contributed by atoms with Gasteiger partial charge in [-0.1, -0.05) is 0 Å². The fourth-order valence-electron chi connectivity index (χ4n) is 3.77. The van der Waals surface area contributed by atoms with Crippen LogP contribution in [0.15, 0.2) is 36.7 Å². The highest BCUT2D eigenvalue weighted by Crippen LogP contribution is 2.28. The Labute approximate surface area is 169 Å². The van der Waals surface area contributed by atoms with Crippen LogP contribution in [0.1, 0.15) is 17.0 Å². The van der Waals surface area contributed by atoms with Gasteiger partial charge in [-0.05, 0) is 31.2 Å². The topological polar surface area (TPSA) is 70.3 Å². The van der Waals surface area contributed by atoms with E-state index in [1.807, 2.05) is 18.7 Å². The number of aromatic nitrogens is 4. The zero-order chi connectivity index (χ0) is 20.4. The van der Waals surface area contributed by atoms with Gasteiger partial charge in [-0.3, -0.25) is 14.6 Å². The van der Waals surface area contributed by atoms with E-state index in [-0.39, 0.29) is 12.4 Å². The van der Waals surface area contributed by atoms with Crippen molar-refractivity contribution in [3.8, 4) is 11.3 Å². The Hall–Kier alpha value is -2.84. The van der Waals surface area contributed by atoms with E-state index in [1.165, 1.54) is 12.1 Å². The van der Waals surface area contributed by atoms with Gasteiger partial charge in [0.05, 0.1) is 12.3 Å². The summed E-state index contributed by atoms with van der Waals surface area (Å²) >= 11 is 0. The predicted octanol–water partition coefficient (Wildman–Crippen LogP) is 2.14. The normalized spacial score (nSPS) is 15.1. The van der Waals surface area contributed by atoms with E-state index in [0.717, 1.165) is 66.8 Å². The summed E-state index contributed by atoms with van der Waals surface area (Å²) in [6, 6.07) is 6.36. The van der Waals surface area contributed by atoms with Crippen LogP contribution < -0.4 is 4.90 Å². The molecule has 3 heterocycles. The fourth-order valence-corrected chi connectivity index (χ4v) is 3.77. The van der Waals surface area contributed by atoms with Gasteiger partial charge in [0.1, 0.15) is 11.5 Å². The van der Waals surface area contributed by atoms with Crippen LogP contribution in [-0.4, -0.2) is 55.9 Å². The van der Waals surface area contributed by atoms with Gasteiger partial charge in [-0.15, -0.1) is 0 Å². The van der Waals surface area contributed by atoms with Gasteiger partial charge in [0.15, 0.2) is 5.82 Å². The van der Waals surface area contributed by atoms with Crippen molar-refractivity contribution in [3.05, 3.63) is 59.4 Å². The van der Waals surface area contributed by atoms with Gasteiger partial charge in [-0.2, -0.15) is 5.10 Å². The molecule has 0 unspecified atom stereocenters. The molecule has 3 aromatic rings. The monoisotopic (exact) mass is 396 g/mol. The maximum Gasteiger partial charge on any atom is 0.155 e. The molecule has 7 nitrogen and oxygen atoms in total. The number of piperazine rings is 1. The lowest BCUT2D eigenvalue weighted by Gasteiger charge is -2.36. The third kappa shape index (κ3) is 3.99. The van der Waals surface area contributed by atoms with Gasteiger partial charge in [-0.25, -0.2) is 9.37 Å². The molecule has 8 heteroatoms. The zero-order valence-electron chi connectivity index (χ0n) is 16.7. The summed E-state index contributed by atoms with van der Waals surface area (Å²) in [5, 5.41) is 14.0. The van der Waals surface area contributed by atoms with Crippen LogP contribution in [0.3, 0.4) is 0 Å². The second-order valence-electron chi connectivity index (χ2n) is 7.29. The lowest BCUT2D eigenvalue weighted by Crippen LogP contribution is -2.46. The number of aryl methyl sites for hydroxylation is 1. The number of aliphatic hydroxyl groups is 1. The van der Waals surface area contributed by atoms with Crippen molar-refractivity contribution in [1.82, 2.24) is 24.6 Å². The number of nitrogens with zero attached hydrogens (tertiary/aromatic N) is 6. The van der Waals surface area contributed by atoms with E-state index in [2.05, 4.69) is 24.9 Å². The second-order valence-corrected chi connectivity index (χ2v) is 7.29. The van der Waals surface area contributed by atoms with Crippen LogP contribution in [0.2, 0.25) is 0 Å². The number of rotatable bonds is 5. The maximum absolute atomic E-state index is 13.3. The van der Waals surface area contributed by atoms with Crippen molar-refractivity contribution in [2.24, 2.45) is 7.05 Å². The standard InChI is InChI=1S/C21H25FN6O/c1-15-18(19(14-29)25-26(15)2)13-27-9-11-28(12-10-27)21-20(23-7-8-24-21)16-3-5-17(22)6-4-16/h3-8,29H,9-14H2,1-2H3. The van der Waals surface area contributed by atoms with Crippen LogP contribution in [0, 0.1) is 12.7 Å². The van der Waals surface area contributed by atoms with Crippen molar-refractivity contribution >= 4 is 5.82 Å². The van der Waals surface area contributed by atoms with E-state index < -0.39 is 0 Å². The van der Waals surface area contributed by atoms with Crippen molar-refractivity contribution in [3.63, 3.8) is 0 Å². The molecule has 152 valence electrons. The Morgan fingerprint density at radius 3 is 2.41 bits per heavy atom. The molecule has 0 atom stereocenters. The molecule has 2 aromatic heterocycles. The van der Waals surface area contributed by atoms with Crippen molar-refractivity contribution in [2.45, 2.75) is 20.1 Å². The van der Waals surface area contributed by atoms with Crippen molar-refractivity contribution < 1.29 is 9.50 Å². The predicted molar refractivity (Wildman–Crippen MR) is 109 cm³/mol. The number of anilines is 1. The minimum atomic E-state index is -0.263. The Balaban J connectivity index is 1.48. The van der Waals surface area contributed by atoms with Gasteiger partial charge < -0.3 is 10.0 Å². The van der Waals surface area contributed by atoms with E-state index in [0.29, 0.717) is 0 Å². The van der Waals surface area contributed by atoms with Crippen LogP contribution in [0.25, 0.3) is 11.3 Å². The number of hydrogen-bond acceptors (Lipinski definition) is 6. The molecule has 1 fully saturated rings. The van der Waals surface area contributed by atoms with Crippen molar-refractivity contribution in [1.29, 1.82) is 0 Å². The molecule has 4 rings (SSSR count). The van der Waals surface area contributed by atoms with Gasteiger partial charge in [0.25, 0.3) is 0 Å². The van der Waals surface area contributed by atoms with E-state index in [9.17, 15) is 9.50 Å². The number of hydrogen-bond donors (Lipinski definition) is 1. The van der Waals surface area contributed by atoms with Crippen LogP contribution in [-0.2, 0) is 20.2 Å². The first-order chi connectivity index (χ1) is 14.1. The van der Waals surface area contributed by atoms with Crippen LogP contribution in [0.5, 0.6) is 0 Å². The molecular formula is C21H25FN6O. The van der Waals surface area contributed by atoms with Crippen molar-refractivity contribution in [2.75, 3.05) is 31.1 Å². The SMILES string of the molecule is Cc1c(CN2CCN(c3nccnc3-c3ccc(F)cc3)CC2)c(CO)nn1C. The fraction of sp³-hybridized carbons (Fsp3) is 0.381. The second kappa shape index (κ2) is 8.26. The summed E-state index contributed by atoms with van der Waals surface area (Å²) in [5.74, 6) is 0.563. The molecular weight excluding hydrogens is 371 g/mol. The first kappa shape index (κ1) is 19.5. The molecule has 1 aromatic carbocycles. The molecule has 1 aliphatic rings. The third-order valence-electron chi connectivity index (χ3n) is 5.54. The smallest absolute Gasteiger partial charge is 0.155 e. The van der Waals surface area contributed by atoms with Gasteiger partial charge in [0, 0.05) is 69.0 Å². The number of benzene rings is 1. The highest BCUT2D eigenvalue weighted by molar-refractivity contribution is 5.72. The third-order valence-corrected chi connectivity index (χ3v) is 5.54. The largest absolute Gasteiger partial charge is 0.390 e. The summed E-state index contributed by atoms with van der Waals surface area (Å²) < 4.78 is 15.1. The number of aliphatic hydroxyl groups excluding tert-OH is 1. The minimum absolute atomic E-state index is 0.0440. The maximum atomic E-state index is 13.3. The summed E-state index contributed by atoms with van der Waals surface area (Å²) in [6.45, 7) is 6.15. The molecule has 29 heavy (non-hydrogen) atoms. The Kier molecular flexibility index (Phi) is 5.55. The molecule has 1 aliphatic heterocycles. The lowest BCUT2D eigenvalue weighted by molar-refractivity contribution is 0.241. The molecule has 0 bridgehead atoms. The quantitative estimate of drug-likeness (QED) is 0.713. The van der Waals surface area contributed by atoms with Gasteiger partial charge in [0.2, 0.25) is 0 Å². The molecule has 0 amide bonds. The van der Waals surface area contributed by atoms with Crippen LogP contribution >= 0.6 is 0 Å². The summed E-state index contributed by atoms with van der Waals surface area (Å²) in [4.78, 5) is 13.7. The van der Waals surface area contributed by atoms with Crippen LogP contribution in [0.4, 0.5) is 10.2 Å². The molecule has 1 saturated heterocycles. The number of halogens is 1. The van der Waals surface area contributed by atoms with E-state index >= 15 is 0 Å². The van der Waals surface area contributed by atoms with Gasteiger partial charge >= 0.3 is 0 Å². The molecule has 0 spiro atoms. The summed E-state index contributed by atoms with van der Waals surface area (Å²) in [5.41, 5.74) is 4.57. The first-order valence-electron chi connectivity index (χ1n) is 9.73. The zero-order valence-corrected chi connectivity index (χ0v) is 16.7.